The van der Waals surface area contributed by atoms with Crippen molar-refractivity contribution >= 4 is 22.7 Å². The zero-order valence-electron chi connectivity index (χ0n) is 22.9. The van der Waals surface area contributed by atoms with E-state index >= 15 is 0 Å². The van der Waals surface area contributed by atoms with Crippen LogP contribution in [0.15, 0.2) is 146 Å². The van der Waals surface area contributed by atoms with Gasteiger partial charge in [-0.1, -0.05) is 109 Å². The van der Waals surface area contributed by atoms with Crippen LogP contribution in [0, 0.1) is 13.8 Å². The Morgan fingerprint density at radius 3 is 1.73 bits per heavy atom. The van der Waals surface area contributed by atoms with Crippen molar-refractivity contribution in [1.82, 2.24) is 0 Å². The van der Waals surface area contributed by atoms with Crippen molar-refractivity contribution in [3.8, 4) is 33.4 Å². The van der Waals surface area contributed by atoms with E-state index in [1.807, 2.05) is 12.1 Å². The van der Waals surface area contributed by atoms with Crippen LogP contribution in [0.5, 0.6) is 0 Å². The van der Waals surface area contributed by atoms with E-state index in [2.05, 4.69) is 152 Å². The number of nitrogens with two attached hydrogens (primary N) is 1. The summed E-state index contributed by atoms with van der Waals surface area (Å²) >= 11 is 0. The monoisotopic (exact) mass is 516 g/mol. The zero-order valence-corrected chi connectivity index (χ0v) is 22.9. The highest BCUT2D eigenvalue weighted by Gasteiger charge is 2.23. The van der Waals surface area contributed by atoms with Crippen LogP contribution >= 0.6 is 0 Å². The van der Waals surface area contributed by atoms with Crippen molar-refractivity contribution in [3.05, 3.63) is 157 Å². The maximum absolute atomic E-state index is 6.09. The minimum Gasteiger partial charge on any atom is -0.399 e. The lowest BCUT2D eigenvalue weighted by molar-refractivity contribution is 1.27. The van der Waals surface area contributed by atoms with E-state index in [-0.39, 0.29) is 0 Å². The van der Waals surface area contributed by atoms with E-state index in [0.29, 0.717) is 0 Å². The van der Waals surface area contributed by atoms with Gasteiger partial charge in [0.2, 0.25) is 0 Å². The Morgan fingerprint density at radius 1 is 0.450 bits per heavy atom. The Kier molecular flexibility index (Phi) is 6.91. The Balaban J connectivity index is 1.75. The van der Waals surface area contributed by atoms with Crippen LogP contribution in [0.2, 0.25) is 0 Å². The van der Waals surface area contributed by atoms with Crippen LogP contribution in [0.1, 0.15) is 11.1 Å². The van der Waals surface area contributed by atoms with Crippen LogP contribution in [-0.2, 0) is 0 Å². The maximum Gasteiger partial charge on any atom is 0.0546 e. The fourth-order valence-electron chi connectivity index (χ4n) is 5.45. The summed E-state index contributed by atoms with van der Waals surface area (Å²) in [5.74, 6) is 0. The van der Waals surface area contributed by atoms with Crippen LogP contribution in [-0.4, -0.2) is 0 Å². The summed E-state index contributed by atoms with van der Waals surface area (Å²) < 4.78 is 0. The fourth-order valence-corrected chi connectivity index (χ4v) is 5.45. The van der Waals surface area contributed by atoms with Crippen molar-refractivity contribution in [3.63, 3.8) is 0 Å². The van der Waals surface area contributed by atoms with Crippen LogP contribution in [0.25, 0.3) is 33.4 Å². The molecule has 0 heterocycles. The molecule has 6 aromatic carbocycles. The molecule has 0 saturated carbocycles. The molecule has 40 heavy (non-hydrogen) atoms. The lowest BCUT2D eigenvalue weighted by Crippen LogP contribution is -2.12. The minimum atomic E-state index is 0.759. The number of rotatable bonds is 6. The molecule has 6 aromatic rings. The number of aryl methyl sites for hydroxylation is 2. The standard InChI is InChI=1S/C38H32N2/c1-27-11-9-15-31(25-27)38-36(40(33-16-7-4-8-17-33)34-18-10-12-28(2)26-34)24-23-35(29-19-21-32(39)22-20-29)37(38)30-13-5-3-6-14-30/h3-26H,39H2,1-2H3. The Hall–Kier alpha value is -5.08. The molecule has 0 aliphatic heterocycles. The average molecular weight is 517 g/mol. The largest absolute Gasteiger partial charge is 0.399 e. The van der Waals surface area contributed by atoms with Crippen molar-refractivity contribution < 1.29 is 0 Å². The molecule has 0 aliphatic carbocycles. The lowest BCUT2D eigenvalue weighted by Gasteiger charge is -2.30. The number of para-hydroxylation sites is 1. The molecule has 0 saturated heterocycles. The second-order valence-electron chi connectivity index (χ2n) is 10.2. The van der Waals surface area contributed by atoms with E-state index in [1.165, 1.54) is 38.9 Å². The normalized spacial score (nSPS) is 10.8. The summed E-state index contributed by atoms with van der Waals surface area (Å²) in [5.41, 5.74) is 19.7. The van der Waals surface area contributed by atoms with Gasteiger partial charge in [-0.2, -0.15) is 0 Å². The molecule has 2 N–H and O–H groups in total. The summed E-state index contributed by atoms with van der Waals surface area (Å²) in [6.07, 6.45) is 0. The molecule has 0 atom stereocenters. The van der Waals surface area contributed by atoms with E-state index in [4.69, 9.17) is 5.73 Å². The molecule has 0 unspecified atom stereocenters. The second kappa shape index (κ2) is 11.0. The molecular weight excluding hydrogens is 484 g/mol. The van der Waals surface area contributed by atoms with Gasteiger partial charge in [0.25, 0.3) is 0 Å². The first kappa shape index (κ1) is 25.2. The first-order valence-corrected chi connectivity index (χ1v) is 13.7. The Labute approximate surface area is 237 Å². The van der Waals surface area contributed by atoms with Gasteiger partial charge in [-0.05, 0) is 89.7 Å². The third-order valence-corrected chi connectivity index (χ3v) is 7.29. The van der Waals surface area contributed by atoms with Gasteiger partial charge in [0.05, 0.1) is 5.69 Å². The highest BCUT2D eigenvalue weighted by Crippen LogP contribution is 2.49. The van der Waals surface area contributed by atoms with Gasteiger partial charge in [-0.15, -0.1) is 0 Å². The highest BCUT2D eigenvalue weighted by molar-refractivity contribution is 6.03. The molecule has 0 aliphatic rings. The van der Waals surface area contributed by atoms with Crippen molar-refractivity contribution in [1.29, 1.82) is 0 Å². The van der Waals surface area contributed by atoms with Gasteiger partial charge >= 0.3 is 0 Å². The number of hydrogen-bond donors (Lipinski definition) is 1. The van der Waals surface area contributed by atoms with Gasteiger partial charge in [-0.3, -0.25) is 0 Å². The lowest BCUT2D eigenvalue weighted by atomic mass is 9.85. The molecule has 0 amide bonds. The summed E-state index contributed by atoms with van der Waals surface area (Å²) in [6.45, 7) is 4.30. The predicted molar refractivity (Wildman–Crippen MR) is 171 cm³/mol. The number of nitrogens with zero attached hydrogens (tertiary/aromatic N) is 1. The molecule has 2 heteroatoms. The van der Waals surface area contributed by atoms with Crippen molar-refractivity contribution in [2.24, 2.45) is 0 Å². The van der Waals surface area contributed by atoms with Crippen molar-refractivity contribution in [2.75, 3.05) is 10.6 Å². The SMILES string of the molecule is Cc1cccc(-c2c(N(c3ccccc3)c3cccc(C)c3)ccc(-c3ccc(N)cc3)c2-c2ccccc2)c1. The van der Waals surface area contributed by atoms with Crippen LogP contribution in [0.3, 0.4) is 0 Å². The van der Waals surface area contributed by atoms with Crippen LogP contribution < -0.4 is 10.6 Å². The van der Waals surface area contributed by atoms with E-state index < -0.39 is 0 Å². The molecule has 0 fully saturated rings. The summed E-state index contributed by atoms with van der Waals surface area (Å²) in [7, 11) is 0. The molecule has 6 rings (SSSR count). The Morgan fingerprint density at radius 2 is 1.05 bits per heavy atom. The quantitative estimate of drug-likeness (QED) is 0.223. The van der Waals surface area contributed by atoms with Gasteiger partial charge in [-0.25, -0.2) is 0 Å². The zero-order chi connectivity index (χ0) is 27.5. The molecule has 0 aromatic heterocycles. The van der Waals surface area contributed by atoms with Crippen molar-refractivity contribution in [2.45, 2.75) is 13.8 Å². The highest BCUT2D eigenvalue weighted by atomic mass is 15.1. The number of benzene rings is 6. The smallest absolute Gasteiger partial charge is 0.0546 e. The summed E-state index contributed by atoms with van der Waals surface area (Å²) in [6, 6.07) is 51.6. The van der Waals surface area contributed by atoms with Gasteiger partial charge in [0.15, 0.2) is 0 Å². The van der Waals surface area contributed by atoms with E-state index in [0.717, 1.165) is 28.3 Å². The third kappa shape index (κ3) is 5.00. The second-order valence-corrected chi connectivity index (χ2v) is 10.2. The number of hydrogen-bond acceptors (Lipinski definition) is 2. The van der Waals surface area contributed by atoms with Crippen LogP contribution in [0.4, 0.5) is 22.7 Å². The molecule has 2 nitrogen and oxygen atoms in total. The first-order valence-electron chi connectivity index (χ1n) is 13.7. The van der Waals surface area contributed by atoms with E-state index in [9.17, 15) is 0 Å². The molecule has 0 spiro atoms. The topological polar surface area (TPSA) is 29.3 Å². The fraction of sp³-hybridized carbons (Fsp3) is 0.0526. The summed E-state index contributed by atoms with van der Waals surface area (Å²) in [5, 5.41) is 0. The van der Waals surface area contributed by atoms with E-state index in [1.54, 1.807) is 0 Å². The first-order chi connectivity index (χ1) is 19.6. The van der Waals surface area contributed by atoms with Gasteiger partial charge < -0.3 is 10.6 Å². The molecular formula is C38H32N2. The molecule has 0 radical (unpaired) electrons. The molecule has 0 bridgehead atoms. The molecule has 194 valence electrons. The third-order valence-electron chi connectivity index (χ3n) is 7.29. The number of nitrogen functional groups attached to an aromatic ring is 1. The predicted octanol–water partition coefficient (Wildman–Crippen LogP) is 10.4. The minimum absolute atomic E-state index is 0.759. The maximum atomic E-state index is 6.09. The Bertz CT molecular complexity index is 1750. The number of anilines is 4. The van der Waals surface area contributed by atoms with Gasteiger partial charge in [0, 0.05) is 22.6 Å². The summed E-state index contributed by atoms with van der Waals surface area (Å²) in [4.78, 5) is 2.38. The van der Waals surface area contributed by atoms with Gasteiger partial charge in [0.1, 0.15) is 0 Å². The average Bonchev–Trinajstić information content (AvgIpc) is 2.98.